The number of aromatic carboxylic acids is 1. The van der Waals surface area contributed by atoms with Gasteiger partial charge in [0.2, 0.25) is 5.56 Å². The highest BCUT2D eigenvalue weighted by atomic mass is 19.4. The van der Waals surface area contributed by atoms with Crippen molar-refractivity contribution >= 4 is 23.3 Å². The molecule has 2 aromatic carbocycles. The molecular weight excluding hydrogens is 520 g/mol. The first-order valence-corrected chi connectivity index (χ1v) is 12.0. The van der Waals surface area contributed by atoms with E-state index in [1.54, 1.807) is 12.1 Å². The first-order chi connectivity index (χ1) is 18.3. The van der Waals surface area contributed by atoms with Crippen LogP contribution in [0.25, 0.3) is 11.1 Å². The van der Waals surface area contributed by atoms with Gasteiger partial charge in [-0.1, -0.05) is 6.07 Å². The molecule has 0 saturated carbocycles. The minimum atomic E-state index is -4.96. The molecular formula is C27H26F4N4O4. The van der Waals surface area contributed by atoms with Gasteiger partial charge in [0.05, 0.1) is 28.1 Å². The van der Waals surface area contributed by atoms with E-state index in [1.807, 2.05) is 25.8 Å². The number of amides is 1. The lowest BCUT2D eigenvalue weighted by molar-refractivity contribution is -0.138. The van der Waals surface area contributed by atoms with Crippen molar-refractivity contribution in [3.05, 3.63) is 81.5 Å². The number of alkyl halides is 3. The molecule has 3 N–H and O–H groups in total. The number of likely N-dealkylation sites (N-methyl/N-ethyl adjacent to an activating group) is 1. The zero-order chi connectivity index (χ0) is 28.6. The van der Waals surface area contributed by atoms with Crippen molar-refractivity contribution in [3.8, 4) is 11.1 Å². The summed E-state index contributed by atoms with van der Waals surface area (Å²) in [5.41, 5.74) is -2.63. The summed E-state index contributed by atoms with van der Waals surface area (Å²) in [5, 5.41) is 11.8. The number of piperazine rings is 1. The summed E-state index contributed by atoms with van der Waals surface area (Å²) < 4.78 is 55.6. The Kier molecular flexibility index (Phi) is 7.51. The van der Waals surface area contributed by atoms with Gasteiger partial charge in [-0.05, 0) is 56.8 Å². The zero-order valence-corrected chi connectivity index (χ0v) is 21.3. The number of aromatic nitrogens is 1. The lowest BCUT2D eigenvalue weighted by atomic mass is 9.99. The number of anilines is 2. The fourth-order valence-corrected chi connectivity index (χ4v) is 4.64. The molecule has 8 nitrogen and oxygen atoms in total. The molecule has 0 radical (unpaired) electrons. The van der Waals surface area contributed by atoms with Crippen molar-refractivity contribution in [2.75, 3.05) is 30.4 Å². The van der Waals surface area contributed by atoms with Crippen LogP contribution in [0.3, 0.4) is 0 Å². The van der Waals surface area contributed by atoms with Crippen LogP contribution in [0.5, 0.6) is 0 Å². The Morgan fingerprint density at radius 3 is 2.33 bits per heavy atom. The van der Waals surface area contributed by atoms with Crippen molar-refractivity contribution in [2.45, 2.75) is 32.1 Å². The average molecular weight is 547 g/mol. The van der Waals surface area contributed by atoms with Crippen LogP contribution < -0.4 is 15.8 Å². The van der Waals surface area contributed by atoms with Crippen LogP contribution in [0, 0.1) is 5.82 Å². The lowest BCUT2D eigenvalue weighted by Crippen LogP contribution is -2.55. The molecule has 3 aromatic rings. The van der Waals surface area contributed by atoms with Crippen molar-refractivity contribution in [2.24, 2.45) is 0 Å². The van der Waals surface area contributed by atoms with Gasteiger partial charge in [0.25, 0.3) is 5.91 Å². The fourth-order valence-electron chi connectivity index (χ4n) is 4.64. The van der Waals surface area contributed by atoms with Crippen LogP contribution in [0.1, 0.15) is 40.1 Å². The second kappa shape index (κ2) is 10.5. The maximum Gasteiger partial charge on any atom is 0.417 e. The van der Waals surface area contributed by atoms with E-state index in [4.69, 9.17) is 0 Å². The molecule has 1 aromatic heterocycles. The number of aromatic amines is 1. The number of halogens is 4. The quantitative estimate of drug-likeness (QED) is 0.402. The predicted octanol–water partition coefficient (Wildman–Crippen LogP) is 4.68. The van der Waals surface area contributed by atoms with Gasteiger partial charge in [0, 0.05) is 43.0 Å². The first kappa shape index (κ1) is 27.8. The third kappa shape index (κ3) is 5.80. The van der Waals surface area contributed by atoms with Crippen LogP contribution in [0.15, 0.2) is 53.5 Å². The Hall–Kier alpha value is -4.19. The fraction of sp³-hybridized carbons (Fsp3) is 0.296. The predicted molar refractivity (Wildman–Crippen MR) is 138 cm³/mol. The van der Waals surface area contributed by atoms with Crippen LogP contribution >= 0.6 is 0 Å². The molecule has 4 rings (SSSR count). The normalized spacial score (nSPS) is 18.2. The van der Waals surface area contributed by atoms with Crippen molar-refractivity contribution in [3.63, 3.8) is 0 Å². The van der Waals surface area contributed by atoms with E-state index in [0.717, 1.165) is 18.2 Å². The molecule has 1 fully saturated rings. The number of rotatable bonds is 5. The Morgan fingerprint density at radius 2 is 1.72 bits per heavy atom. The first-order valence-electron chi connectivity index (χ1n) is 12.0. The molecule has 12 heteroatoms. The molecule has 0 aliphatic carbocycles. The Balaban J connectivity index is 1.82. The largest absolute Gasteiger partial charge is 0.478 e. The number of carboxylic acid groups (broad SMARTS) is 1. The van der Waals surface area contributed by atoms with E-state index in [2.05, 4.69) is 15.2 Å². The van der Waals surface area contributed by atoms with E-state index >= 15 is 0 Å². The Morgan fingerprint density at radius 1 is 1.05 bits per heavy atom. The summed E-state index contributed by atoms with van der Waals surface area (Å²) in [6.07, 6.45) is -4.27. The van der Waals surface area contributed by atoms with Crippen LogP contribution in [-0.2, 0) is 6.18 Å². The molecule has 0 bridgehead atoms. The molecule has 1 saturated heterocycles. The van der Waals surface area contributed by atoms with Crippen LogP contribution in [-0.4, -0.2) is 59.1 Å². The number of benzene rings is 2. The number of carbonyl (C=O) groups is 2. The Bertz CT molecular complexity index is 1480. The summed E-state index contributed by atoms with van der Waals surface area (Å²) in [6.45, 7) is 5.10. The van der Waals surface area contributed by atoms with Gasteiger partial charge in [-0.3, -0.25) is 14.5 Å². The summed E-state index contributed by atoms with van der Waals surface area (Å²) in [6, 6.07) is 8.35. The summed E-state index contributed by atoms with van der Waals surface area (Å²) >= 11 is 0. The summed E-state index contributed by atoms with van der Waals surface area (Å²) in [7, 11) is 1.98. The van der Waals surface area contributed by atoms with E-state index in [9.17, 15) is 37.1 Å². The molecule has 1 amide bonds. The number of pyridine rings is 1. The highest BCUT2D eigenvalue weighted by Gasteiger charge is 2.36. The van der Waals surface area contributed by atoms with Gasteiger partial charge in [0.1, 0.15) is 5.82 Å². The molecule has 1 aliphatic heterocycles. The van der Waals surface area contributed by atoms with Crippen molar-refractivity contribution in [1.82, 2.24) is 9.88 Å². The van der Waals surface area contributed by atoms with Gasteiger partial charge in [-0.15, -0.1) is 0 Å². The van der Waals surface area contributed by atoms with Crippen molar-refractivity contribution < 1.29 is 32.3 Å². The van der Waals surface area contributed by atoms with Gasteiger partial charge in [-0.25, -0.2) is 9.18 Å². The van der Waals surface area contributed by atoms with Gasteiger partial charge >= 0.3 is 12.1 Å². The third-order valence-corrected chi connectivity index (χ3v) is 6.94. The van der Waals surface area contributed by atoms with Crippen LogP contribution in [0.2, 0.25) is 0 Å². The topological polar surface area (TPSA) is 106 Å². The third-order valence-electron chi connectivity index (χ3n) is 6.94. The minimum Gasteiger partial charge on any atom is -0.478 e. The molecule has 1 unspecified atom stereocenters. The van der Waals surface area contributed by atoms with E-state index in [0.29, 0.717) is 31.0 Å². The standard InChI is InChI=1S/C27H26F4N4O4/c1-14-12-35(13-15(2)34(14)3)23-7-5-16(18-8-17(26(38)39)4-6-21(18)28)9-22(23)33-25(37)19-11-32-24(36)10-20(19)27(29,30)31/h4-11,14-15H,12-13H2,1-3H3,(H,32,36)(H,33,37)(H,38,39)/t14-,15?/m0/s1. The van der Waals surface area contributed by atoms with Gasteiger partial charge in [0.15, 0.2) is 0 Å². The maximum atomic E-state index is 14.7. The SMILES string of the molecule is CC1CN(c2ccc(-c3cc(C(=O)O)ccc3F)cc2NC(=O)c2c[nH]c(=O)cc2C(F)(F)F)C[C@H](C)N1C. The van der Waals surface area contributed by atoms with Crippen molar-refractivity contribution in [1.29, 1.82) is 0 Å². The lowest BCUT2D eigenvalue weighted by Gasteiger charge is -2.44. The van der Waals surface area contributed by atoms with E-state index < -0.39 is 40.6 Å². The van der Waals surface area contributed by atoms with Gasteiger partial charge < -0.3 is 20.3 Å². The molecule has 206 valence electrons. The van der Waals surface area contributed by atoms with E-state index in [-0.39, 0.29) is 34.5 Å². The summed E-state index contributed by atoms with van der Waals surface area (Å²) in [4.78, 5) is 42.4. The number of nitrogens with zero attached hydrogens (tertiary/aromatic N) is 2. The second-order valence-corrected chi connectivity index (χ2v) is 9.58. The highest BCUT2D eigenvalue weighted by Crippen LogP contribution is 2.36. The highest BCUT2D eigenvalue weighted by molar-refractivity contribution is 6.07. The Labute approximate surface area is 220 Å². The second-order valence-electron chi connectivity index (χ2n) is 9.58. The molecule has 2 heterocycles. The average Bonchev–Trinajstić information content (AvgIpc) is 2.86. The summed E-state index contributed by atoms with van der Waals surface area (Å²) in [5.74, 6) is -3.11. The number of carboxylic acids is 1. The maximum absolute atomic E-state index is 14.7. The zero-order valence-electron chi connectivity index (χ0n) is 21.3. The minimum absolute atomic E-state index is 0.0583. The molecule has 0 spiro atoms. The number of hydrogen-bond donors (Lipinski definition) is 3. The van der Waals surface area contributed by atoms with Gasteiger partial charge in [-0.2, -0.15) is 13.2 Å². The molecule has 39 heavy (non-hydrogen) atoms. The van der Waals surface area contributed by atoms with Crippen LogP contribution in [0.4, 0.5) is 28.9 Å². The number of nitrogens with one attached hydrogen (secondary N) is 2. The molecule has 1 aliphatic rings. The van der Waals surface area contributed by atoms with E-state index in [1.165, 1.54) is 6.07 Å². The number of H-pyrrole nitrogens is 1. The monoisotopic (exact) mass is 546 g/mol. The number of carbonyl (C=O) groups excluding carboxylic acids is 1. The molecule has 2 atom stereocenters. The number of hydrogen-bond acceptors (Lipinski definition) is 5. The smallest absolute Gasteiger partial charge is 0.417 e.